The number of methoxy groups -OCH3 is 1. The first-order valence-corrected chi connectivity index (χ1v) is 7.56. The summed E-state index contributed by atoms with van der Waals surface area (Å²) >= 11 is 0. The summed E-state index contributed by atoms with van der Waals surface area (Å²) in [6, 6.07) is 2.84. The number of nitrogens with zero attached hydrogens (tertiary/aromatic N) is 1. The topological polar surface area (TPSA) is 101 Å². The van der Waals surface area contributed by atoms with E-state index in [-0.39, 0.29) is 29.3 Å². The second kappa shape index (κ2) is 6.44. The van der Waals surface area contributed by atoms with E-state index in [1.54, 1.807) is 18.3 Å². The average Bonchev–Trinajstić information content (AvgIpc) is 2.45. The number of urea groups is 1. The maximum absolute atomic E-state index is 12.1. The molecule has 7 heteroatoms. The third-order valence-electron chi connectivity index (χ3n) is 4.81. The molecule has 1 heterocycles. The summed E-state index contributed by atoms with van der Waals surface area (Å²) in [4.78, 5) is 27.2. The minimum Gasteiger partial charge on any atom is -0.481 e. The van der Waals surface area contributed by atoms with Crippen molar-refractivity contribution in [3.8, 4) is 5.88 Å². The van der Waals surface area contributed by atoms with Crippen LogP contribution < -0.4 is 15.4 Å². The van der Waals surface area contributed by atoms with Gasteiger partial charge < -0.3 is 20.5 Å². The number of nitrogens with one attached hydrogen (secondary N) is 2. The highest BCUT2D eigenvalue weighted by Crippen LogP contribution is 2.52. The zero-order chi connectivity index (χ0) is 17.2. The SMILES string of the molecule is COc1cc(NC(=O)NC(C)[C@@H]2C[C@H](C(=O)O)C2(C)C)ccn1. The van der Waals surface area contributed by atoms with Crippen molar-refractivity contribution in [1.29, 1.82) is 0 Å². The number of carboxylic acid groups (broad SMARTS) is 1. The Bertz CT molecular complexity index is 603. The molecule has 2 rings (SSSR count). The number of pyridine rings is 1. The summed E-state index contributed by atoms with van der Waals surface area (Å²) in [5.74, 6) is -0.586. The molecule has 1 aromatic heterocycles. The molecular weight excluding hydrogens is 298 g/mol. The summed E-state index contributed by atoms with van der Waals surface area (Å²) < 4.78 is 5.01. The van der Waals surface area contributed by atoms with E-state index in [0.29, 0.717) is 18.0 Å². The number of ether oxygens (including phenoxy) is 1. The second-order valence-electron chi connectivity index (χ2n) is 6.53. The van der Waals surface area contributed by atoms with Gasteiger partial charge in [-0.1, -0.05) is 13.8 Å². The lowest BCUT2D eigenvalue weighted by atomic mass is 9.53. The molecule has 0 saturated heterocycles. The number of anilines is 1. The number of aliphatic carboxylic acids is 1. The fourth-order valence-electron chi connectivity index (χ4n) is 3.30. The number of hydrogen-bond donors (Lipinski definition) is 3. The van der Waals surface area contributed by atoms with E-state index in [0.717, 1.165) is 0 Å². The van der Waals surface area contributed by atoms with E-state index < -0.39 is 5.97 Å². The lowest BCUT2D eigenvalue weighted by Crippen LogP contribution is -2.57. The molecule has 0 bridgehead atoms. The molecule has 0 radical (unpaired) electrons. The zero-order valence-corrected chi connectivity index (χ0v) is 13.8. The molecule has 7 nitrogen and oxygen atoms in total. The van der Waals surface area contributed by atoms with Crippen molar-refractivity contribution < 1.29 is 19.4 Å². The number of carboxylic acids is 1. The molecular formula is C16H23N3O4. The Labute approximate surface area is 135 Å². The molecule has 0 spiro atoms. The van der Waals surface area contributed by atoms with Gasteiger partial charge in [-0.2, -0.15) is 0 Å². The van der Waals surface area contributed by atoms with Crippen LogP contribution in [-0.2, 0) is 4.79 Å². The highest BCUT2D eigenvalue weighted by molar-refractivity contribution is 5.89. The van der Waals surface area contributed by atoms with E-state index in [2.05, 4.69) is 15.6 Å². The second-order valence-corrected chi connectivity index (χ2v) is 6.53. The third-order valence-corrected chi connectivity index (χ3v) is 4.81. The number of rotatable bonds is 5. The molecule has 1 aromatic rings. The van der Waals surface area contributed by atoms with Crippen LogP contribution in [0.15, 0.2) is 18.3 Å². The van der Waals surface area contributed by atoms with Crippen molar-refractivity contribution in [3.05, 3.63) is 18.3 Å². The van der Waals surface area contributed by atoms with Gasteiger partial charge in [-0.15, -0.1) is 0 Å². The van der Waals surface area contributed by atoms with Crippen molar-refractivity contribution in [1.82, 2.24) is 10.3 Å². The smallest absolute Gasteiger partial charge is 0.319 e. The van der Waals surface area contributed by atoms with Crippen LogP contribution in [0.4, 0.5) is 10.5 Å². The van der Waals surface area contributed by atoms with Gasteiger partial charge in [0.1, 0.15) is 0 Å². The lowest BCUT2D eigenvalue weighted by molar-refractivity contribution is -0.160. The first kappa shape index (κ1) is 17.1. The van der Waals surface area contributed by atoms with Crippen LogP contribution in [0.5, 0.6) is 5.88 Å². The van der Waals surface area contributed by atoms with Crippen molar-refractivity contribution in [2.45, 2.75) is 33.2 Å². The van der Waals surface area contributed by atoms with E-state index in [1.807, 2.05) is 20.8 Å². The molecule has 0 aromatic carbocycles. The highest BCUT2D eigenvalue weighted by atomic mass is 16.5. The van der Waals surface area contributed by atoms with E-state index in [1.165, 1.54) is 7.11 Å². The average molecular weight is 321 g/mol. The number of amides is 2. The molecule has 1 unspecified atom stereocenters. The Morgan fingerprint density at radius 3 is 2.74 bits per heavy atom. The predicted molar refractivity (Wildman–Crippen MR) is 85.4 cm³/mol. The summed E-state index contributed by atoms with van der Waals surface area (Å²) in [5.41, 5.74) is 0.246. The van der Waals surface area contributed by atoms with Crippen molar-refractivity contribution in [2.24, 2.45) is 17.3 Å². The summed E-state index contributed by atoms with van der Waals surface area (Å²) in [6.07, 6.45) is 2.12. The van der Waals surface area contributed by atoms with Gasteiger partial charge in [0.25, 0.3) is 0 Å². The molecule has 1 aliphatic carbocycles. The van der Waals surface area contributed by atoms with Crippen LogP contribution in [0.2, 0.25) is 0 Å². The van der Waals surface area contributed by atoms with Crippen LogP contribution in [0.3, 0.4) is 0 Å². The predicted octanol–water partition coefficient (Wildman–Crippen LogP) is 2.35. The molecule has 126 valence electrons. The molecule has 1 aliphatic rings. The van der Waals surface area contributed by atoms with Crippen molar-refractivity contribution in [3.63, 3.8) is 0 Å². The fraction of sp³-hybridized carbons (Fsp3) is 0.562. The van der Waals surface area contributed by atoms with Crippen LogP contribution >= 0.6 is 0 Å². The lowest BCUT2D eigenvalue weighted by Gasteiger charge is -2.52. The van der Waals surface area contributed by atoms with E-state index in [4.69, 9.17) is 4.74 Å². The van der Waals surface area contributed by atoms with E-state index >= 15 is 0 Å². The summed E-state index contributed by atoms with van der Waals surface area (Å²) in [5, 5.41) is 14.8. The van der Waals surface area contributed by atoms with Gasteiger partial charge in [-0.05, 0) is 30.7 Å². The molecule has 3 N–H and O–H groups in total. The van der Waals surface area contributed by atoms with Crippen LogP contribution in [-0.4, -0.2) is 35.2 Å². The molecule has 3 atom stereocenters. The number of carbonyl (C=O) groups is 2. The highest BCUT2D eigenvalue weighted by Gasteiger charge is 2.53. The maximum atomic E-state index is 12.1. The molecule has 2 amide bonds. The minimum atomic E-state index is -0.771. The largest absolute Gasteiger partial charge is 0.481 e. The first-order valence-electron chi connectivity index (χ1n) is 7.56. The number of hydrogen-bond acceptors (Lipinski definition) is 4. The zero-order valence-electron chi connectivity index (χ0n) is 13.8. The Kier molecular flexibility index (Phi) is 4.77. The monoisotopic (exact) mass is 321 g/mol. The van der Waals surface area contributed by atoms with Gasteiger partial charge >= 0.3 is 12.0 Å². The van der Waals surface area contributed by atoms with Gasteiger partial charge in [0, 0.05) is 24.0 Å². The molecule has 1 saturated carbocycles. The van der Waals surface area contributed by atoms with Gasteiger partial charge in [-0.3, -0.25) is 4.79 Å². The number of carbonyl (C=O) groups excluding carboxylic acids is 1. The Morgan fingerprint density at radius 2 is 2.17 bits per heavy atom. The molecule has 0 aliphatic heterocycles. The third kappa shape index (κ3) is 3.55. The molecule has 23 heavy (non-hydrogen) atoms. The Balaban J connectivity index is 1.92. The van der Waals surface area contributed by atoms with Crippen molar-refractivity contribution >= 4 is 17.7 Å². The maximum Gasteiger partial charge on any atom is 0.319 e. The Hall–Kier alpha value is -2.31. The summed E-state index contributed by atoms with van der Waals surface area (Å²) in [6.45, 7) is 5.77. The van der Waals surface area contributed by atoms with Gasteiger partial charge in [0.15, 0.2) is 0 Å². The standard InChI is InChI=1S/C16H23N3O4/c1-9(11-8-12(14(20)21)16(11,2)3)18-15(22)19-10-5-6-17-13(7-10)23-4/h5-7,9,11-12H,8H2,1-4H3,(H,20,21)(H2,17,18,19,22)/t9?,11-,12+/m0/s1. The van der Waals surface area contributed by atoms with Crippen LogP contribution in [0.1, 0.15) is 27.2 Å². The fourth-order valence-corrected chi connectivity index (χ4v) is 3.30. The minimum absolute atomic E-state index is 0.121. The van der Waals surface area contributed by atoms with Gasteiger partial charge in [-0.25, -0.2) is 9.78 Å². The van der Waals surface area contributed by atoms with Crippen LogP contribution in [0.25, 0.3) is 0 Å². The van der Waals surface area contributed by atoms with Crippen molar-refractivity contribution in [2.75, 3.05) is 12.4 Å². The summed E-state index contributed by atoms with van der Waals surface area (Å²) in [7, 11) is 1.51. The van der Waals surface area contributed by atoms with Gasteiger partial charge in [0.05, 0.1) is 13.0 Å². The normalized spacial score (nSPS) is 23.3. The number of aromatic nitrogens is 1. The quantitative estimate of drug-likeness (QED) is 0.773. The molecule has 1 fully saturated rings. The van der Waals surface area contributed by atoms with Crippen LogP contribution in [0, 0.1) is 17.3 Å². The Morgan fingerprint density at radius 1 is 1.48 bits per heavy atom. The van der Waals surface area contributed by atoms with E-state index in [9.17, 15) is 14.7 Å². The first-order chi connectivity index (χ1) is 10.8. The van der Waals surface area contributed by atoms with Gasteiger partial charge in [0.2, 0.25) is 5.88 Å².